The fraction of sp³-hybridized carbons (Fsp3) is 0.143. The molecule has 0 saturated heterocycles. The third-order valence-electron chi connectivity index (χ3n) is 2.81. The molecule has 2 rings (SSSR count). The monoisotopic (exact) mass is 408 g/mol. The van der Waals surface area contributed by atoms with Crippen LogP contribution in [-0.2, 0) is 6.18 Å². The largest absolute Gasteiger partial charge is 0.416 e. The van der Waals surface area contributed by atoms with Crippen molar-refractivity contribution in [1.29, 1.82) is 0 Å². The van der Waals surface area contributed by atoms with Crippen LogP contribution < -0.4 is 0 Å². The Morgan fingerprint density at radius 3 is 1.90 bits per heavy atom. The molecule has 2 aromatic rings. The van der Waals surface area contributed by atoms with Gasteiger partial charge in [-0.15, -0.1) is 0 Å². The first-order valence-corrected chi connectivity index (χ1v) is 7.18. The van der Waals surface area contributed by atoms with Gasteiger partial charge in [-0.05, 0) is 67.3 Å². The van der Waals surface area contributed by atoms with E-state index in [1.165, 1.54) is 12.1 Å². The molecule has 1 atom stereocenters. The molecule has 0 radical (unpaired) electrons. The average molecular weight is 410 g/mol. The Hall–Kier alpha value is -0.850. The second-order valence-electron chi connectivity index (χ2n) is 4.20. The second kappa shape index (κ2) is 5.87. The summed E-state index contributed by atoms with van der Waals surface area (Å²) in [4.78, 5) is 0. The molecule has 0 aromatic heterocycles. The molecule has 0 bridgehead atoms. The van der Waals surface area contributed by atoms with E-state index in [1.54, 1.807) is 18.2 Å². The lowest BCUT2D eigenvalue weighted by Crippen LogP contribution is -2.06. The first kappa shape index (κ1) is 15.5. The first-order valence-electron chi connectivity index (χ1n) is 5.59. The normalized spacial score (nSPS) is 13.3. The smallest absolute Gasteiger partial charge is 0.384 e. The highest BCUT2D eigenvalue weighted by Crippen LogP contribution is 2.32. The lowest BCUT2D eigenvalue weighted by Gasteiger charge is -2.14. The number of aliphatic hydroxyl groups is 1. The van der Waals surface area contributed by atoms with Crippen LogP contribution in [0.4, 0.5) is 13.2 Å². The molecule has 106 valence electrons. The average Bonchev–Trinajstić information content (AvgIpc) is 2.40. The number of alkyl halides is 3. The Labute approximate surface area is 130 Å². The number of hydrogen-bond acceptors (Lipinski definition) is 1. The van der Waals surface area contributed by atoms with Gasteiger partial charge in [0.15, 0.2) is 0 Å². The molecule has 0 aliphatic carbocycles. The van der Waals surface area contributed by atoms with Crippen molar-refractivity contribution in [3.05, 3.63) is 68.1 Å². The molecule has 0 aliphatic rings. The summed E-state index contributed by atoms with van der Waals surface area (Å²) in [5.74, 6) is 0. The maximum absolute atomic E-state index is 12.5. The Kier molecular flexibility index (Phi) is 4.56. The van der Waals surface area contributed by atoms with Crippen LogP contribution in [0.5, 0.6) is 0 Å². The van der Waals surface area contributed by atoms with Gasteiger partial charge in [-0.1, -0.05) is 18.2 Å². The standard InChI is InChI=1S/C14H9Br2F3O/c15-11-6-3-9(7-12(11)16)13(20)8-1-4-10(5-2-8)14(17,18)19/h1-7,13,20H. The van der Waals surface area contributed by atoms with E-state index in [1.807, 2.05) is 0 Å². The zero-order valence-corrected chi connectivity index (χ0v) is 13.1. The number of rotatable bonds is 2. The van der Waals surface area contributed by atoms with Crippen molar-refractivity contribution in [2.75, 3.05) is 0 Å². The third-order valence-corrected chi connectivity index (χ3v) is 4.69. The summed E-state index contributed by atoms with van der Waals surface area (Å²) in [7, 11) is 0. The maximum atomic E-state index is 12.5. The minimum absolute atomic E-state index is 0.409. The summed E-state index contributed by atoms with van der Waals surface area (Å²) < 4.78 is 39.0. The Bertz CT molecular complexity index is 609. The van der Waals surface area contributed by atoms with E-state index < -0.39 is 17.8 Å². The quantitative estimate of drug-likeness (QED) is 0.712. The van der Waals surface area contributed by atoms with Crippen LogP contribution >= 0.6 is 31.9 Å². The van der Waals surface area contributed by atoms with Crippen LogP contribution in [0.25, 0.3) is 0 Å². The molecule has 1 nitrogen and oxygen atoms in total. The SMILES string of the molecule is OC(c1ccc(C(F)(F)F)cc1)c1ccc(Br)c(Br)c1. The molecular weight excluding hydrogens is 401 g/mol. The van der Waals surface area contributed by atoms with Crippen molar-refractivity contribution in [1.82, 2.24) is 0 Å². The van der Waals surface area contributed by atoms with E-state index in [0.717, 1.165) is 21.1 Å². The van der Waals surface area contributed by atoms with Gasteiger partial charge in [0.1, 0.15) is 6.10 Å². The van der Waals surface area contributed by atoms with E-state index >= 15 is 0 Å². The minimum Gasteiger partial charge on any atom is -0.384 e. The molecule has 2 aromatic carbocycles. The summed E-state index contributed by atoms with van der Waals surface area (Å²) in [6.07, 6.45) is -5.34. The van der Waals surface area contributed by atoms with Gasteiger partial charge in [-0.2, -0.15) is 13.2 Å². The van der Waals surface area contributed by atoms with Gasteiger partial charge >= 0.3 is 6.18 Å². The topological polar surface area (TPSA) is 20.2 Å². The first-order chi connectivity index (χ1) is 9.29. The van der Waals surface area contributed by atoms with Crippen LogP contribution in [0.3, 0.4) is 0 Å². The van der Waals surface area contributed by atoms with Crippen molar-refractivity contribution in [3.8, 4) is 0 Å². The van der Waals surface area contributed by atoms with Crippen molar-refractivity contribution >= 4 is 31.9 Å². The molecule has 0 saturated carbocycles. The van der Waals surface area contributed by atoms with E-state index in [4.69, 9.17) is 0 Å². The number of halogens is 5. The summed E-state index contributed by atoms with van der Waals surface area (Å²) in [5.41, 5.74) is 0.275. The fourth-order valence-electron chi connectivity index (χ4n) is 1.73. The number of aliphatic hydroxyl groups excluding tert-OH is 1. The molecule has 0 fully saturated rings. The van der Waals surface area contributed by atoms with E-state index in [0.29, 0.717) is 11.1 Å². The summed E-state index contributed by atoms with van der Waals surface area (Å²) in [6, 6.07) is 9.67. The summed E-state index contributed by atoms with van der Waals surface area (Å²) >= 11 is 6.63. The highest BCUT2D eigenvalue weighted by Gasteiger charge is 2.30. The predicted octanol–water partition coefficient (Wildman–Crippen LogP) is 5.31. The van der Waals surface area contributed by atoms with Gasteiger partial charge in [0.2, 0.25) is 0 Å². The Morgan fingerprint density at radius 1 is 0.850 bits per heavy atom. The predicted molar refractivity (Wildman–Crippen MR) is 77.3 cm³/mol. The zero-order valence-electron chi connectivity index (χ0n) is 9.96. The molecule has 6 heteroatoms. The highest BCUT2D eigenvalue weighted by atomic mass is 79.9. The van der Waals surface area contributed by atoms with Crippen LogP contribution in [0.1, 0.15) is 22.8 Å². The van der Waals surface area contributed by atoms with E-state index in [9.17, 15) is 18.3 Å². The van der Waals surface area contributed by atoms with Gasteiger partial charge in [0.05, 0.1) is 5.56 Å². The molecule has 0 heterocycles. The molecule has 1 N–H and O–H groups in total. The molecule has 0 aliphatic heterocycles. The molecule has 1 unspecified atom stereocenters. The van der Waals surface area contributed by atoms with E-state index in [-0.39, 0.29) is 0 Å². The molecule has 0 amide bonds. The van der Waals surface area contributed by atoms with Gasteiger partial charge < -0.3 is 5.11 Å². The van der Waals surface area contributed by atoms with Crippen molar-refractivity contribution in [3.63, 3.8) is 0 Å². The Balaban J connectivity index is 2.29. The van der Waals surface area contributed by atoms with Crippen LogP contribution in [0.15, 0.2) is 51.4 Å². The van der Waals surface area contributed by atoms with Gasteiger partial charge in [-0.3, -0.25) is 0 Å². The molecular formula is C14H9Br2F3O. The van der Waals surface area contributed by atoms with Gasteiger partial charge in [-0.25, -0.2) is 0 Å². The Morgan fingerprint density at radius 2 is 1.40 bits per heavy atom. The summed E-state index contributed by atoms with van der Waals surface area (Å²) in [6.45, 7) is 0. The van der Waals surface area contributed by atoms with Crippen molar-refractivity contribution in [2.45, 2.75) is 12.3 Å². The third kappa shape index (κ3) is 3.42. The van der Waals surface area contributed by atoms with Crippen LogP contribution in [0.2, 0.25) is 0 Å². The number of benzene rings is 2. The summed E-state index contributed by atoms with van der Waals surface area (Å²) in [5, 5.41) is 10.2. The molecule has 20 heavy (non-hydrogen) atoms. The highest BCUT2D eigenvalue weighted by molar-refractivity contribution is 9.13. The lowest BCUT2D eigenvalue weighted by molar-refractivity contribution is -0.137. The van der Waals surface area contributed by atoms with Crippen LogP contribution in [0, 0.1) is 0 Å². The maximum Gasteiger partial charge on any atom is 0.416 e. The fourth-order valence-corrected chi connectivity index (χ4v) is 2.37. The van der Waals surface area contributed by atoms with Gasteiger partial charge in [0, 0.05) is 8.95 Å². The molecule has 0 spiro atoms. The van der Waals surface area contributed by atoms with Gasteiger partial charge in [0.25, 0.3) is 0 Å². The number of hydrogen-bond donors (Lipinski definition) is 1. The van der Waals surface area contributed by atoms with E-state index in [2.05, 4.69) is 31.9 Å². The van der Waals surface area contributed by atoms with Crippen molar-refractivity contribution < 1.29 is 18.3 Å². The second-order valence-corrected chi connectivity index (χ2v) is 5.90. The zero-order chi connectivity index (χ0) is 14.9. The lowest BCUT2D eigenvalue weighted by atomic mass is 10.0. The van der Waals surface area contributed by atoms with Crippen molar-refractivity contribution in [2.24, 2.45) is 0 Å². The van der Waals surface area contributed by atoms with Crippen LogP contribution in [-0.4, -0.2) is 5.11 Å². The minimum atomic E-state index is -4.37.